The van der Waals surface area contributed by atoms with Crippen molar-refractivity contribution in [3.63, 3.8) is 0 Å². The van der Waals surface area contributed by atoms with Gasteiger partial charge in [-0.1, -0.05) is 19.8 Å². The zero-order valence-corrected chi connectivity index (χ0v) is 12.2. The van der Waals surface area contributed by atoms with Crippen LogP contribution in [0.3, 0.4) is 0 Å². The van der Waals surface area contributed by atoms with Gasteiger partial charge in [0.2, 0.25) is 0 Å². The molecule has 0 radical (unpaired) electrons. The Balaban J connectivity index is 1.79. The number of aromatic nitrogens is 1. The van der Waals surface area contributed by atoms with Crippen LogP contribution >= 0.6 is 0 Å². The van der Waals surface area contributed by atoms with Crippen molar-refractivity contribution in [2.24, 2.45) is 0 Å². The van der Waals surface area contributed by atoms with Crippen molar-refractivity contribution in [3.05, 3.63) is 30.1 Å². The van der Waals surface area contributed by atoms with Crippen molar-refractivity contribution in [1.82, 2.24) is 10.3 Å². The molecule has 0 fully saturated rings. The quantitative estimate of drug-likeness (QED) is 0.589. The Morgan fingerprint density at radius 2 is 1.74 bits per heavy atom. The van der Waals surface area contributed by atoms with E-state index in [-0.39, 0.29) is 0 Å². The molecule has 3 heteroatoms. The summed E-state index contributed by atoms with van der Waals surface area (Å²) < 4.78 is 5.65. The molecule has 1 heterocycles. The normalized spacial score (nSPS) is 10.8. The molecule has 0 bridgehead atoms. The molecule has 0 unspecified atom stereocenters. The molecule has 1 N–H and O–H groups in total. The number of hydrogen-bond acceptors (Lipinski definition) is 3. The third-order valence-corrected chi connectivity index (χ3v) is 3.15. The zero-order chi connectivity index (χ0) is 13.6. The smallest absolute Gasteiger partial charge is 0.0469 e. The van der Waals surface area contributed by atoms with E-state index in [2.05, 4.69) is 29.4 Å². The monoisotopic (exact) mass is 264 g/mol. The summed E-state index contributed by atoms with van der Waals surface area (Å²) in [6.07, 6.45) is 11.0. The number of rotatable bonds is 12. The Labute approximate surface area is 117 Å². The number of nitrogens with zero attached hydrogens (tertiary/aromatic N) is 1. The largest absolute Gasteiger partial charge is 0.381 e. The van der Waals surface area contributed by atoms with E-state index in [1.54, 1.807) is 0 Å². The maximum atomic E-state index is 5.65. The Hall–Kier alpha value is -0.930. The molecule has 3 nitrogen and oxygen atoms in total. The second kappa shape index (κ2) is 12.1. The van der Waals surface area contributed by atoms with Crippen molar-refractivity contribution < 1.29 is 4.74 Å². The minimum Gasteiger partial charge on any atom is -0.381 e. The van der Waals surface area contributed by atoms with E-state index in [1.807, 2.05) is 12.4 Å². The number of ether oxygens (including phenoxy) is 1. The first-order valence-corrected chi connectivity index (χ1v) is 7.61. The van der Waals surface area contributed by atoms with Gasteiger partial charge in [-0.15, -0.1) is 0 Å². The van der Waals surface area contributed by atoms with E-state index in [9.17, 15) is 0 Å². The van der Waals surface area contributed by atoms with Crippen molar-refractivity contribution in [2.45, 2.75) is 45.4 Å². The van der Waals surface area contributed by atoms with Crippen molar-refractivity contribution >= 4 is 0 Å². The average molecular weight is 264 g/mol. The number of nitrogens with one attached hydrogen (secondary N) is 1. The van der Waals surface area contributed by atoms with Gasteiger partial charge in [-0.2, -0.15) is 0 Å². The highest BCUT2D eigenvalue weighted by molar-refractivity contribution is 5.09. The van der Waals surface area contributed by atoms with Crippen LogP contribution in [0.4, 0.5) is 0 Å². The van der Waals surface area contributed by atoms with E-state index in [4.69, 9.17) is 4.74 Å². The average Bonchev–Trinajstić information content (AvgIpc) is 2.46. The molecule has 0 aliphatic carbocycles. The molecule has 1 aromatic heterocycles. The Kier molecular flexibility index (Phi) is 10.3. The fourth-order valence-corrected chi connectivity index (χ4v) is 2.01. The lowest BCUT2D eigenvalue weighted by Crippen LogP contribution is -2.13. The summed E-state index contributed by atoms with van der Waals surface area (Å²) in [7, 11) is 0. The fraction of sp³-hybridized carbons (Fsp3) is 0.688. The molecule has 0 spiro atoms. The third-order valence-electron chi connectivity index (χ3n) is 3.15. The maximum Gasteiger partial charge on any atom is 0.0469 e. The summed E-state index contributed by atoms with van der Waals surface area (Å²) in [4.78, 5) is 4.01. The minimum absolute atomic E-state index is 0.875. The Bertz CT molecular complexity index is 290. The first-order valence-electron chi connectivity index (χ1n) is 7.61. The zero-order valence-electron chi connectivity index (χ0n) is 12.2. The van der Waals surface area contributed by atoms with Gasteiger partial charge in [0.05, 0.1) is 0 Å². The molecular weight excluding hydrogens is 236 g/mol. The lowest BCUT2D eigenvalue weighted by molar-refractivity contribution is 0.127. The number of aryl methyl sites for hydroxylation is 1. The predicted molar refractivity (Wildman–Crippen MR) is 80.4 cm³/mol. The SMILES string of the molecule is CCNCCCCCCOCCCc1ccncc1. The van der Waals surface area contributed by atoms with Gasteiger partial charge in [0.15, 0.2) is 0 Å². The van der Waals surface area contributed by atoms with Gasteiger partial charge in [-0.25, -0.2) is 0 Å². The van der Waals surface area contributed by atoms with Crippen LogP contribution in [0.5, 0.6) is 0 Å². The lowest BCUT2D eigenvalue weighted by Gasteiger charge is -2.05. The molecule has 19 heavy (non-hydrogen) atoms. The molecule has 1 aromatic rings. The van der Waals surface area contributed by atoms with Gasteiger partial charge in [-0.05, 0) is 56.5 Å². The second-order valence-corrected chi connectivity index (χ2v) is 4.84. The Morgan fingerprint density at radius 3 is 2.53 bits per heavy atom. The highest BCUT2D eigenvalue weighted by Gasteiger charge is 1.94. The molecule has 0 aliphatic rings. The molecule has 0 saturated heterocycles. The summed E-state index contributed by atoms with van der Waals surface area (Å²) in [5, 5.41) is 3.35. The summed E-state index contributed by atoms with van der Waals surface area (Å²) in [6, 6.07) is 4.15. The summed E-state index contributed by atoms with van der Waals surface area (Å²) >= 11 is 0. The van der Waals surface area contributed by atoms with Gasteiger partial charge < -0.3 is 10.1 Å². The predicted octanol–water partition coefficient (Wildman–Crippen LogP) is 3.20. The summed E-state index contributed by atoms with van der Waals surface area (Å²) in [6.45, 7) is 6.18. The van der Waals surface area contributed by atoms with Crippen LogP contribution in [0.15, 0.2) is 24.5 Å². The minimum atomic E-state index is 0.875. The third kappa shape index (κ3) is 9.62. The highest BCUT2D eigenvalue weighted by Crippen LogP contribution is 2.02. The van der Waals surface area contributed by atoms with Crippen LogP contribution < -0.4 is 5.32 Å². The second-order valence-electron chi connectivity index (χ2n) is 4.84. The highest BCUT2D eigenvalue weighted by atomic mass is 16.5. The van der Waals surface area contributed by atoms with Crippen LogP contribution in [0.2, 0.25) is 0 Å². The maximum absolute atomic E-state index is 5.65. The van der Waals surface area contributed by atoms with Gasteiger partial charge in [0.1, 0.15) is 0 Å². The molecule has 0 aromatic carbocycles. The van der Waals surface area contributed by atoms with E-state index in [1.165, 1.54) is 31.2 Å². The lowest BCUT2D eigenvalue weighted by atomic mass is 10.1. The molecule has 0 aliphatic heterocycles. The number of unbranched alkanes of at least 4 members (excludes halogenated alkanes) is 3. The number of hydrogen-bond donors (Lipinski definition) is 1. The molecule has 1 rings (SSSR count). The first-order chi connectivity index (χ1) is 9.43. The standard InChI is InChI=1S/C16H28N2O/c1-2-17-11-5-3-4-6-14-19-15-7-8-16-9-12-18-13-10-16/h9-10,12-13,17H,2-8,11,14-15H2,1H3. The topological polar surface area (TPSA) is 34.1 Å². The van der Waals surface area contributed by atoms with E-state index < -0.39 is 0 Å². The van der Waals surface area contributed by atoms with Gasteiger partial charge in [0.25, 0.3) is 0 Å². The van der Waals surface area contributed by atoms with Crippen LogP contribution in [0, 0.1) is 0 Å². The van der Waals surface area contributed by atoms with Crippen LogP contribution in [0.25, 0.3) is 0 Å². The first kappa shape index (κ1) is 16.1. The van der Waals surface area contributed by atoms with Crippen molar-refractivity contribution in [1.29, 1.82) is 0 Å². The molecule has 0 atom stereocenters. The van der Waals surface area contributed by atoms with Crippen LogP contribution in [-0.2, 0) is 11.2 Å². The van der Waals surface area contributed by atoms with E-state index in [0.717, 1.165) is 39.1 Å². The number of pyridine rings is 1. The summed E-state index contributed by atoms with van der Waals surface area (Å²) in [5.74, 6) is 0. The van der Waals surface area contributed by atoms with Crippen molar-refractivity contribution in [3.8, 4) is 0 Å². The van der Waals surface area contributed by atoms with Gasteiger partial charge in [0, 0.05) is 25.6 Å². The van der Waals surface area contributed by atoms with E-state index >= 15 is 0 Å². The van der Waals surface area contributed by atoms with Crippen molar-refractivity contribution in [2.75, 3.05) is 26.3 Å². The van der Waals surface area contributed by atoms with Gasteiger partial charge >= 0.3 is 0 Å². The molecule has 0 saturated carbocycles. The molecule has 0 amide bonds. The van der Waals surface area contributed by atoms with E-state index in [0.29, 0.717) is 0 Å². The fourth-order valence-electron chi connectivity index (χ4n) is 2.01. The van der Waals surface area contributed by atoms with Crippen LogP contribution in [-0.4, -0.2) is 31.3 Å². The van der Waals surface area contributed by atoms with Gasteiger partial charge in [-0.3, -0.25) is 4.98 Å². The van der Waals surface area contributed by atoms with Crippen LogP contribution in [0.1, 0.15) is 44.6 Å². The summed E-state index contributed by atoms with van der Waals surface area (Å²) in [5.41, 5.74) is 1.35. The molecule has 108 valence electrons. The Morgan fingerprint density at radius 1 is 1.00 bits per heavy atom. The molecular formula is C16H28N2O.